The summed E-state index contributed by atoms with van der Waals surface area (Å²) < 4.78 is 5.45. The third kappa shape index (κ3) is 2.51. The Morgan fingerprint density at radius 2 is 2.08 bits per heavy atom. The van der Waals surface area contributed by atoms with Crippen LogP contribution >= 0.6 is 0 Å². The van der Waals surface area contributed by atoms with Gasteiger partial charge in [0, 0.05) is 26.6 Å². The van der Waals surface area contributed by atoms with Crippen molar-refractivity contribution in [1.82, 2.24) is 4.90 Å². The summed E-state index contributed by atoms with van der Waals surface area (Å²) >= 11 is 0. The molecule has 76 valence electrons. The minimum atomic E-state index is -0.159. The molecule has 0 aromatic rings. The highest BCUT2D eigenvalue weighted by Gasteiger charge is 2.33. The van der Waals surface area contributed by atoms with Gasteiger partial charge in [-0.05, 0) is 19.4 Å². The summed E-state index contributed by atoms with van der Waals surface area (Å²) in [6.07, 6.45) is 3.48. The Hall–Kier alpha value is -0.410. The monoisotopic (exact) mass is 185 g/mol. The van der Waals surface area contributed by atoms with Crippen LogP contribution in [0.4, 0.5) is 0 Å². The molecule has 0 aromatic carbocycles. The van der Waals surface area contributed by atoms with Crippen LogP contribution in [0, 0.1) is 0 Å². The number of nitrogens with zero attached hydrogens (tertiary/aromatic N) is 1. The van der Waals surface area contributed by atoms with Crippen molar-refractivity contribution < 1.29 is 9.53 Å². The number of carbonyl (C=O) groups is 1. The average Bonchev–Trinajstić information content (AvgIpc) is 2.19. The van der Waals surface area contributed by atoms with E-state index in [1.807, 2.05) is 0 Å². The van der Waals surface area contributed by atoms with Gasteiger partial charge in [0.25, 0.3) is 0 Å². The van der Waals surface area contributed by atoms with E-state index in [9.17, 15) is 4.79 Å². The third-order valence-electron chi connectivity index (χ3n) is 3.10. The summed E-state index contributed by atoms with van der Waals surface area (Å²) in [7, 11) is 1.71. The van der Waals surface area contributed by atoms with Crippen LogP contribution in [0.3, 0.4) is 0 Å². The Kier molecular flexibility index (Phi) is 3.88. The number of hydrogen-bond acceptors (Lipinski definition) is 3. The zero-order chi connectivity index (χ0) is 9.73. The lowest BCUT2D eigenvalue weighted by Gasteiger charge is -2.39. The molecule has 0 aliphatic carbocycles. The van der Waals surface area contributed by atoms with Gasteiger partial charge in [-0.15, -0.1) is 0 Å². The Bertz CT molecular complexity index is 162. The topological polar surface area (TPSA) is 29.5 Å². The van der Waals surface area contributed by atoms with Crippen molar-refractivity contribution in [2.24, 2.45) is 0 Å². The molecule has 0 atom stereocenters. The molecule has 1 aliphatic heterocycles. The Morgan fingerprint density at radius 1 is 1.46 bits per heavy atom. The minimum Gasteiger partial charge on any atom is -0.378 e. The number of likely N-dealkylation sites (tertiary alicyclic amines) is 1. The molecule has 3 heteroatoms. The molecule has 1 heterocycles. The van der Waals surface area contributed by atoms with Crippen molar-refractivity contribution in [2.45, 2.75) is 31.8 Å². The molecule has 0 amide bonds. The van der Waals surface area contributed by atoms with E-state index >= 15 is 0 Å². The highest BCUT2D eigenvalue weighted by molar-refractivity contribution is 5.51. The number of piperidine rings is 1. The normalized spacial score (nSPS) is 22.9. The van der Waals surface area contributed by atoms with Crippen molar-refractivity contribution in [3.05, 3.63) is 0 Å². The van der Waals surface area contributed by atoms with E-state index in [0.717, 1.165) is 38.8 Å². The number of aldehydes is 1. The van der Waals surface area contributed by atoms with Gasteiger partial charge < -0.3 is 14.4 Å². The molecule has 0 radical (unpaired) electrons. The van der Waals surface area contributed by atoms with E-state index in [1.54, 1.807) is 7.11 Å². The van der Waals surface area contributed by atoms with Crippen molar-refractivity contribution in [2.75, 3.05) is 26.7 Å². The fraction of sp³-hybridized carbons (Fsp3) is 0.900. The second-order valence-corrected chi connectivity index (χ2v) is 3.69. The molecule has 1 aliphatic rings. The number of hydrogen-bond donors (Lipinski definition) is 0. The molecule has 1 fully saturated rings. The van der Waals surface area contributed by atoms with Gasteiger partial charge in [0.2, 0.25) is 0 Å². The second-order valence-electron chi connectivity index (χ2n) is 3.69. The van der Waals surface area contributed by atoms with E-state index in [2.05, 4.69) is 11.8 Å². The average molecular weight is 185 g/mol. The quantitative estimate of drug-likeness (QED) is 0.614. The van der Waals surface area contributed by atoms with E-state index in [-0.39, 0.29) is 5.60 Å². The van der Waals surface area contributed by atoms with Crippen molar-refractivity contribution >= 4 is 6.29 Å². The molecule has 0 unspecified atom stereocenters. The number of rotatable bonds is 4. The largest absolute Gasteiger partial charge is 0.378 e. The van der Waals surface area contributed by atoms with Gasteiger partial charge in [0.1, 0.15) is 6.29 Å². The summed E-state index contributed by atoms with van der Waals surface area (Å²) in [5, 5.41) is 0. The van der Waals surface area contributed by atoms with E-state index < -0.39 is 0 Å². The maximum Gasteiger partial charge on any atom is 0.122 e. The maximum atomic E-state index is 10.5. The second kappa shape index (κ2) is 4.72. The van der Waals surface area contributed by atoms with Crippen LogP contribution in [-0.4, -0.2) is 43.5 Å². The number of carbonyl (C=O) groups excluding carboxylic acids is 1. The first-order chi connectivity index (χ1) is 6.26. The Labute approximate surface area is 80.1 Å². The summed E-state index contributed by atoms with van der Waals surface area (Å²) in [5.41, 5.74) is -0.159. The van der Waals surface area contributed by atoms with Crippen LogP contribution in [0.25, 0.3) is 0 Å². The Balaban J connectivity index is 2.47. The van der Waals surface area contributed by atoms with Crippen LogP contribution < -0.4 is 0 Å². The lowest BCUT2D eigenvalue weighted by atomic mass is 9.88. The molecule has 0 aromatic heterocycles. The van der Waals surface area contributed by atoms with Gasteiger partial charge in [0.15, 0.2) is 0 Å². The maximum absolute atomic E-state index is 10.5. The van der Waals surface area contributed by atoms with Crippen molar-refractivity contribution in [3.63, 3.8) is 0 Å². The standard InChI is InChI=1S/C10H19NO2/c1-3-11-7-4-10(13-2,5-8-11)6-9-12/h9H,3-8H2,1-2H3. The summed E-state index contributed by atoms with van der Waals surface area (Å²) in [4.78, 5) is 12.9. The molecular weight excluding hydrogens is 166 g/mol. The summed E-state index contributed by atoms with van der Waals surface area (Å²) in [5.74, 6) is 0. The van der Waals surface area contributed by atoms with Gasteiger partial charge >= 0.3 is 0 Å². The highest BCUT2D eigenvalue weighted by Crippen LogP contribution is 2.27. The van der Waals surface area contributed by atoms with Crippen LogP contribution in [0.15, 0.2) is 0 Å². The third-order valence-corrected chi connectivity index (χ3v) is 3.10. The molecule has 1 saturated heterocycles. The van der Waals surface area contributed by atoms with E-state index in [4.69, 9.17) is 4.74 Å². The minimum absolute atomic E-state index is 0.159. The molecule has 13 heavy (non-hydrogen) atoms. The molecule has 3 nitrogen and oxygen atoms in total. The van der Waals surface area contributed by atoms with E-state index in [0.29, 0.717) is 6.42 Å². The predicted molar refractivity (Wildman–Crippen MR) is 51.8 cm³/mol. The zero-order valence-corrected chi connectivity index (χ0v) is 8.58. The lowest BCUT2D eigenvalue weighted by Crippen LogP contribution is -2.45. The summed E-state index contributed by atoms with van der Waals surface area (Å²) in [6, 6.07) is 0. The molecule has 0 bridgehead atoms. The van der Waals surface area contributed by atoms with Crippen LogP contribution in [0.5, 0.6) is 0 Å². The van der Waals surface area contributed by atoms with Gasteiger partial charge in [-0.25, -0.2) is 0 Å². The smallest absolute Gasteiger partial charge is 0.122 e. The fourth-order valence-corrected chi connectivity index (χ4v) is 1.92. The number of ether oxygens (including phenoxy) is 1. The van der Waals surface area contributed by atoms with Gasteiger partial charge in [-0.1, -0.05) is 6.92 Å². The number of methoxy groups -OCH3 is 1. The predicted octanol–water partition coefficient (Wildman–Crippen LogP) is 1.08. The molecule has 0 saturated carbocycles. The van der Waals surface area contributed by atoms with Gasteiger partial charge in [-0.3, -0.25) is 0 Å². The summed E-state index contributed by atoms with van der Waals surface area (Å²) in [6.45, 7) is 5.37. The first kappa shape index (κ1) is 10.7. The van der Waals surface area contributed by atoms with Gasteiger partial charge in [-0.2, -0.15) is 0 Å². The lowest BCUT2D eigenvalue weighted by molar-refractivity contribution is -0.117. The van der Waals surface area contributed by atoms with Crippen molar-refractivity contribution in [1.29, 1.82) is 0 Å². The molecular formula is C10H19NO2. The van der Waals surface area contributed by atoms with Crippen LogP contribution in [0.2, 0.25) is 0 Å². The fourth-order valence-electron chi connectivity index (χ4n) is 1.92. The molecule has 0 spiro atoms. The van der Waals surface area contributed by atoms with Gasteiger partial charge in [0.05, 0.1) is 5.60 Å². The molecule has 0 N–H and O–H groups in total. The first-order valence-corrected chi connectivity index (χ1v) is 4.97. The van der Waals surface area contributed by atoms with E-state index in [1.165, 1.54) is 0 Å². The van der Waals surface area contributed by atoms with Crippen molar-refractivity contribution in [3.8, 4) is 0 Å². The first-order valence-electron chi connectivity index (χ1n) is 4.97. The Morgan fingerprint density at radius 3 is 2.46 bits per heavy atom. The molecule has 1 rings (SSSR count). The van der Waals surface area contributed by atoms with Crippen LogP contribution in [0.1, 0.15) is 26.2 Å². The van der Waals surface area contributed by atoms with Crippen LogP contribution in [-0.2, 0) is 9.53 Å². The SMILES string of the molecule is CCN1CCC(CC=O)(OC)CC1. The zero-order valence-electron chi connectivity index (χ0n) is 8.58. The highest BCUT2D eigenvalue weighted by atomic mass is 16.5.